The van der Waals surface area contributed by atoms with Crippen molar-refractivity contribution in [2.75, 3.05) is 0 Å². The fourth-order valence-electron chi connectivity index (χ4n) is 4.58. The molecule has 3 heteroatoms. The summed E-state index contributed by atoms with van der Waals surface area (Å²) in [6, 6.07) is 0. The molecule has 5 aliphatic rings. The van der Waals surface area contributed by atoms with Gasteiger partial charge in [-0.1, -0.05) is 0 Å². The largest absolute Gasteiger partial charge is 0.370 e. The second-order valence-electron chi connectivity index (χ2n) is 5.92. The van der Waals surface area contributed by atoms with Gasteiger partial charge < -0.3 is 9.47 Å². The van der Waals surface area contributed by atoms with Crippen molar-refractivity contribution in [3.8, 4) is 0 Å². The van der Waals surface area contributed by atoms with Crippen molar-refractivity contribution in [2.45, 2.75) is 55.5 Å². The summed E-state index contributed by atoms with van der Waals surface area (Å²) in [4.78, 5) is 0. The molecular weight excluding hydrogens is 200 g/mol. The number of hydrogen-bond acceptors (Lipinski definition) is 2. The van der Waals surface area contributed by atoms with Crippen LogP contribution in [0.5, 0.6) is 0 Å². The molecular formula is C11H13ClO2. The van der Waals surface area contributed by atoms with E-state index in [2.05, 4.69) is 0 Å². The van der Waals surface area contributed by atoms with E-state index in [-0.39, 0.29) is 0 Å². The van der Waals surface area contributed by atoms with Gasteiger partial charge in [-0.3, -0.25) is 0 Å². The molecule has 6 atom stereocenters. The van der Waals surface area contributed by atoms with Crippen molar-refractivity contribution in [1.82, 2.24) is 0 Å². The molecule has 0 spiro atoms. The Morgan fingerprint density at radius 2 is 1.14 bits per heavy atom. The van der Waals surface area contributed by atoms with E-state index in [1.165, 1.54) is 25.7 Å². The third kappa shape index (κ3) is 0.585. The zero-order valence-electron chi connectivity index (χ0n) is 7.91. The number of ether oxygens (including phenoxy) is 2. The SMILES string of the molecule is ClC1C23C[C@@H]4O[C@@H]4CC12C[C@@H]1O[C@@H]1C3. The molecule has 2 saturated heterocycles. The maximum absolute atomic E-state index is 6.57. The van der Waals surface area contributed by atoms with Gasteiger partial charge in [-0.15, -0.1) is 11.6 Å². The van der Waals surface area contributed by atoms with Crippen LogP contribution in [-0.4, -0.2) is 29.8 Å². The number of hydrogen-bond donors (Lipinski definition) is 0. The lowest BCUT2D eigenvalue weighted by molar-refractivity contribution is 0.211. The van der Waals surface area contributed by atoms with Gasteiger partial charge in [0.25, 0.3) is 0 Å². The van der Waals surface area contributed by atoms with Crippen molar-refractivity contribution in [1.29, 1.82) is 0 Å². The first kappa shape index (κ1) is 7.48. The van der Waals surface area contributed by atoms with Crippen LogP contribution in [-0.2, 0) is 9.47 Å². The van der Waals surface area contributed by atoms with Crippen molar-refractivity contribution in [3.05, 3.63) is 0 Å². The average Bonchev–Trinajstić information content (AvgIpc) is 3.04. The quantitative estimate of drug-likeness (QED) is 0.451. The number of alkyl halides is 1. The predicted octanol–water partition coefficient (Wildman–Crippen LogP) is 1.70. The van der Waals surface area contributed by atoms with Crippen LogP contribution in [0.1, 0.15) is 25.7 Å². The lowest BCUT2D eigenvalue weighted by Crippen LogP contribution is -2.30. The fourth-order valence-corrected chi connectivity index (χ4v) is 5.31. The molecule has 76 valence electrons. The van der Waals surface area contributed by atoms with E-state index in [0.29, 0.717) is 40.6 Å². The molecule has 3 saturated carbocycles. The Morgan fingerprint density at radius 1 is 0.786 bits per heavy atom. The first-order chi connectivity index (χ1) is 6.75. The number of halogens is 1. The predicted molar refractivity (Wildman–Crippen MR) is 50.3 cm³/mol. The Kier molecular flexibility index (Phi) is 0.954. The van der Waals surface area contributed by atoms with E-state index in [9.17, 15) is 0 Å². The van der Waals surface area contributed by atoms with Gasteiger partial charge >= 0.3 is 0 Å². The Balaban J connectivity index is 1.62. The molecule has 2 nitrogen and oxygen atoms in total. The minimum atomic E-state index is 0.421. The molecule has 0 aromatic rings. The van der Waals surface area contributed by atoms with Crippen LogP contribution in [0, 0.1) is 10.8 Å². The summed E-state index contributed by atoms with van der Waals surface area (Å²) in [5.41, 5.74) is 0.841. The molecule has 0 N–H and O–H groups in total. The highest BCUT2D eigenvalue weighted by atomic mass is 35.5. The molecule has 14 heavy (non-hydrogen) atoms. The van der Waals surface area contributed by atoms with Gasteiger partial charge in [0.15, 0.2) is 0 Å². The number of rotatable bonds is 0. The molecule has 0 amide bonds. The second-order valence-corrected chi connectivity index (χ2v) is 6.35. The van der Waals surface area contributed by atoms with Crippen LogP contribution in [0.2, 0.25) is 0 Å². The summed E-state index contributed by atoms with van der Waals surface area (Å²) in [5.74, 6) is 0. The van der Waals surface area contributed by atoms with Gasteiger partial charge in [0.05, 0.1) is 24.4 Å². The van der Waals surface area contributed by atoms with Crippen LogP contribution >= 0.6 is 11.6 Å². The molecule has 0 aromatic carbocycles. The summed E-state index contributed by atoms with van der Waals surface area (Å²) in [7, 11) is 0. The van der Waals surface area contributed by atoms with Gasteiger partial charge in [0, 0.05) is 5.38 Å². The average molecular weight is 213 g/mol. The fraction of sp³-hybridized carbons (Fsp3) is 1.00. The highest BCUT2D eigenvalue weighted by Gasteiger charge is 2.84. The number of fused-ring (bicyclic) bond motifs is 2. The summed E-state index contributed by atoms with van der Waals surface area (Å²) < 4.78 is 11.3. The summed E-state index contributed by atoms with van der Waals surface area (Å²) >= 11 is 6.57. The van der Waals surface area contributed by atoms with Crippen LogP contribution in [0.25, 0.3) is 0 Å². The van der Waals surface area contributed by atoms with Gasteiger partial charge in [-0.2, -0.15) is 0 Å². The first-order valence-electron chi connectivity index (χ1n) is 5.70. The normalized spacial score (nSPS) is 76.5. The van der Waals surface area contributed by atoms with E-state index in [1.54, 1.807) is 0 Å². The molecule has 0 bridgehead atoms. The third-order valence-electron chi connectivity index (χ3n) is 5.52. The van der Waals surface area contributed by atoms with E-state index >= 15 is 0 Å². The maximum atomic E-state index is 6.57. The highest BCUT2D eigenvalue weighted by Crippen LogP contribution is 2.83. The zero-order chi connectivity index (χ0) is 9.13. The van der Waals surface area contributed by atoms with Crippen LogP contribution in [0.15, 0.2) is 0 Å². The Labute approximate surface area is 87.9 Å². The van der Waals surface area contributed by atoms with Crippen LogP contribution < -0.4 is 0 Å². The molecule has 0 radical (unpaired) electrons. The van der Waals surface area contributed by atoms with Crippen LogP contribution in [0.3, 0.4) is 0 Å². The summed E-state index contributed by atoms with van der Waals surface area (Å²) in [6.45, 7) is 0. The zero-order valence-corrected chi connectivity index (χ0v) is 8.67. The van der Waals surface area contributed by atoms with E-state index in [4.69, 9.17) is 21.1 Å². The number of epoxide rings is 2. The van der Waals surface area contributed by atoms with Crippen molar-refractivity contribution >= 4 is 11.6 Å². The molecule has 5 fully saturated rings. The second kappa shape index (κ2) is 1.79. The molecule has 2 unspecified atom stereocenters. The third-order valence-corrected chi connectivity index (χ3v) is 6.35. The lowest BCUT2D eigenvalue weighted by atomic mass is 9.71. The smallest absolute Gasteiger partial charge is 0.0848 e. The molecule has 2 aliphatic heterocycles. The van der Waals surface area contributed by atoms with Gasteiger partial charge in [0.2, 0.25) is 0 Å². The van der Waals surface area contributed by atoms with Gasteiger partial charge in [0.1, 0.15) is 0 Å². The molecule has 2 heterocycles. The van der Waals surface area contributed by atoms with Gasteiger partial charge in [-0.25, -0.2) is 0 Å². The van der Waals surface area contributed by atoms with Gasteiger partial charge in [-0.05, 0) is 36.5 Å². The summed E-state index contributed by atoms with van der Waals surface area (Å²) in [6.07, 6.45) is 7.11. The highest BCUT2D eigenvalue weighted by molar-refractivity contribution is 6.24. The van der Waals surface area contributed by atoms with E-state index < -0.39 is 0 Å². The maximum Gasteiger partial charge on any atom is 0.0848 e. The monoisotopic (exact) mass is 212 g/mol. The van der Waals surface area contributed by atoms with E-state index in [1.807, 2.05) is 0 Å². The molecule has 3 aliphatic carbocycles. The van der Waals surface area contributed by atoms with Crippen LogP contribution in [0.4, 0.5) is 0 Å². The Hall–Kier alpha value is 0.210. The minimum Gasteiger partial charge on any atom is -0.370 e. The van der Waals surface area contributed by atoms with Crippen molar-refractivity contribution in [3.63, 3.8) is 0 Å². The minimum absolute atomic E-state index is 0.421. The topological polar surface area (TPSA) is 25.1 Å². The standard InChI is InChI=1S/C11H13ClO2/c12-9-10-1-5-6(13-5)3-11(9,10)4-8-7(2-10)14-8/h5-9H,1-4H2/t5-,6+,7+,8-,9?,10?,11?. The summed E-state index contributed by atoms with van der Waals surface area (Å²) in [5, 5.41) is 0.433. The molecule has 5 rings (SSSR count). The molecule has 0 aromatic heterocycles. The first-order valence-corrected chi connectivity index (χ1v) is 6.14. The Morgan fingerprint density at radius 3 is 1.50 bits per heavy atom. The lowest BCUT2D eigenvalue weighted by Gasteiger charge is -2.29. The van der Waals surface area contributed by atoms with Crippen molar-refractivity contribution < 1.29 is 9.47 Å². The van der Waals surface area contributed by atoms with Crippen molar-refractivity contribution in [2.24, 2.45) is 10.8 Å². The Bertz CT molecular complexity index is 290. The van der Waals surface area contributed by atoms with E-state index in [0.717, 1.165) is 0 Å².